The van der Waals surface area contributed by atoms with Crippen LogP contribution in [-0.2, 0) is 4.74 Å². The molecular formula is C17H25NO. The Morgan fingerprint density at radius 2 is 2.05 bits per heavy atom. The first-order valence-corrected chi connectivity index (χ1v) is 7.76. The second-order valence-corrected chi connectivity index (χ2v) is 6.08. The van der Waals surface area contributed by atoms with Crippen LogP contribution in [0.15, 0.2) is 24.3 Å². The van der Waals surface area contributed by atoms with Crippen LogP contribution >= 0.6 is 0 Å². The fourth-order valence-electron chi connectivity index (χ4n) is 3.10. The molecular weight excluding hydrogens is 234 g/mol. The average Bonchev–Trinajstić information content (AvgIpc) is 3.18. The molecule has 0 bridgehead atoms. The highest BCUT2D eigenvalue weighted by Crippen LogP contribution is 2.41. The second kappa shape index (κ2) is 5.64. The van der Waals surface area contributed by atoms with Crippen LogP contribution in [0.2, 0.25) is 0 Å². The number of hydrogen-bond donors (Lipinski definition) is 1. The highest BCUT2D eigenvalue weighted by Gasteiger charge is 2.36. The zero-order chi connectivity index (χ0) is 13.2. The Labute approximate surface area is 116 Å². The molecule has 2 N–H and O–H groups in total. The van der Waals surface area contributed by atoms with Crippen LogP contribution in [0.3, 0.4) is 0 Å². The summed E-state index contributed by atoms with van der Waals surface area (Å²) in [6.07, 6.45) is 6.83. The Balaban J connectivity index is 1.75. The summed E-state index contributed by atoms with van der Waals surface area (Å²) in [6, 6.07) is 8.95. The monoisotopic (exact) mass is 259 g/mol. The molecule has 0 saturated heterocycles. The summed E-state index contributed by atoms with van der Waals surface area (Å²) >= 11 is 0. The summed E-state index contributed by atoms with van der Waals surface area (Å²) in [5, 5.41) is 0. The Bertz CT molecular complexity index is 423. The lowest BCUT2D eigenvalue weighted by atomic mass is 9.79. The van der Waals surface area contributed by atoms with Crippen molar-refractivity contribution in [1.29, 1.82) is 0 Å². The van der Waals surface area contributed by atoms with Gasteiger partial charge in [-0.2, -0.15) is 0 Å². The van der Waals surface area contributed by atoms with Crippen molar-refractivity contribution in [2.75, 3.05) is 6.61 Å². The van der Waals surface area contributed by atoms with E-state index in [-0.39, 0.29) is 12.1 Å². The topological polar surface area (TPSA) is 35.2 Å². The van der Waals surface area contributed by atoms with Crippen molar-refractivity contribution in [3.05, 3.63) is 35.4 Å². The Kier molecular flexibility index (Phi) is 3.90. The minimum absolute atomic E-state index is 0.0347. The fraction of sp³-hybridized carbons (Fsp3) is 0.647. The number of ether oxygens (including phenoxy) is 1. The van der Waals surface area contributed by atoms with Gasteiger partial charge >= 0.3 is 0 Å². The van der Waals surface area contributed by atoms with E-state index >= 15 is 0 Å². The Morgan fingerprint density at radius 3 is 2.63 bits per heavy atom. The number of rotatable bonds is 6. The number of nitrogens with two attached hydrogens (primary N) is 1. The van der Waals surface area contributed by atoms with E-state index in [0.29, 0.717) is 5.92 Å². The molecule has 3 rings (SSSR count). The van der Waals surface area contributed by atoms with E-state index in [1.54, 1.807) is 0 Å². The van der Waals surface area contributed by atoms with Gasteiger partial charge in [0.25, 0.3) is 0 Å². The van der Waals surface area contributed by atoms with Crippen molar-refractivity contribution >= 4 is 0 Å². The van der Waals surface area contributed by atoms with Crippen LogP contribution in [-0.4, -0.2) is 12.7 Å². The van der Waals surface area contributed by atoms with Gasteiger partial charge in [0.15, 0.2) is 0 Å². The first-order chi connectivity index (χ1) is 9.29. The van der Waals surface area contributed by atoms with E-state index in [1.807, 2.05) is 0 Å². The third-order valence-electron chi connectivity index (χ3n) is 4.67. The normalized spacial score (nSPS) is 22.8. The molecule has 0 aromatic heterocycles. The summed E-state index contributed by atoms with van der Waals surface area (Å²) in [6.45, 7) is 2.82. The van der Waals surface area contributed by atoms with E-state index in [4.69, 9.17) is 10.5 Å². The van der Waals surface area contributed by atoms with Gasteiger partial charge in [0.05, 0.1) is 12.1 Å². The molecule has 1 aromatic carbocycles. The van der Waals surface area contributed by atoms with Crippen molar-refractivity contribution < 1.29 is 4.74 Å². The molecule has 2 unspecified atom stereocenters. The fourth-order valence-corrected chi connectivity index (χ4v) is 3.10. The molecule has 0 spiro atoms. The van der Waals surface area contributed by atoms with Crippen molar-refractivity contribution in [1.82, 2.24) is 0 Å². The van der Waals surface area contributed by atoms with Gasteiger partial charge in [-0.1, -0.05) is 30.7 Å². The van der Waals surface area contributed by atoms with Crippen LogP contribution in [0.1, 0.15) is 62.1 Å². The first-order valence-electron chi connectivity index (χ1n) is 7.76. The molecule has 2 heteroatoms. The summed E-state index contributed by atoms with van der Waals surface area (Å²) < 4.78 is 5.90. The summed E-state index contributed by atoms with van der Waals surface area (Å²) in [7, 11) is 0. The minimum Gasteiger partial charge on any atom is -0.376 e. The van der Waals surface area contributed by atoms with Gasteiger partial charge in [0.2, 0.25) is 0 Å². The molecule has 0 aliphatic heterocycles. The Morgan fingerprint density at radius 1 is 1.26 bits per heavy atom. The van der Waals surface area contributed by atoms with Crippen molar-refractivity contribution in [2.45, 2.75) is 57.1 Å². The minimum atomic E-state index is 0.0347. The van der Waals surface area contributed by atoms with Gasteiger partial charge in [-0.05, 0) is 55.6 Å². The van der Waals surface area contributed by atoms with E-state index in [1.165, 1.54) is 43.2 Å². The molecule has 2 atom stereocenters. The standard InChI is InChI=1S/C17H25NO/c1-2-19-17(13-9-10-13)16(18)15-8-4-7-14(11-15)12-5-3-6-12/h4,7-8,11-13,16-17H,2-3,5-6,9-10,18H2,1H3. The molecule has 0 radical (unpaired) electrons. The van der Waals surface area contributed by atoms with Crippen molar-refractivity contribution in [3.8, 4) is 0 Å². The van der Waals surface area contributed by atoms with E-state index in [2.05, 4.69) is 31.2 Å². The van der Waals surface area contributed by atoms with Crippen molar-refractivity contribution in [2.24, 2.45) is 11.7 Å². The zero-order valence-corrected chi connectivity index (χ0v) is 11.8. The smallest absolute Gasteiger partial charge is 0.0795 e. The number of benzene rings is 1. The molecule has 19 heavy (non-hydrogen) atoms. The average molecular weight is 259 g/mol. The van der Waals surface area contributed by atoms with E-state index in [9.17, 15) is 0 Å². The van der Waals surface area contributed by atoms with Crippen molar-refractivity contribution in [3.63, 3.8) is 0 Å². The highest BCUT2D eigenvalue weighted by atomic mass is 16.5. The Hall–Kier alpha value is -0.860. The van der Waals surface area contributed by atoms with Crippen LogP contribution < -0.4 is 5.73 Å². The van der Waals surface area contributed by atoms with Crippen LogP contribution in [0, 0.1) is 5.92 Å². The summed E-state index contributed by atoms with van der Waals surface area (Å²) in [4.78, 5) is 0. The van der Waals surface area contributed by atoms with Gasteiger partial charge in [-0.25, -0.2) is 0 Å². The highest BCUT2D eigenvalue weighted by molar-refractivity contribution is 5.30. The molecule has 2 aliphatic carbocycles. The van der Waals surface area contributed by atoms with Gasteiger partial charge in [0, 0.05) is 6.61 Å². The molecule has 104 valence electrons. The largest absolute Gasteiger partial charge is 0.376 e. The first kappa shape index (κ1) is 13.1. The molecule has 0 heterocycles. The zero-order valence-electron chi connectivity index (χ0n) is 11.8. The van der Waals surface area contributed by atoms with E-state index in [0.717, 1.165) is 12.5 Å². The van der Waals surface area contributed by atoms with Gasteiger partial charge in [-0.15, -0.1) is 0 Å². The second-order valence-electron chi connectivity index (χ2n) is 6.08. The lowest BCUT2D eigenvalue weighted by Crippen LogP contribution is -2.31. The summed E-state index contributed by atoms with van der Waals surface area (Å²) in [5.74, 6) is 1.46. The molecule has 2 fully saturated rings. The third-order valence-corrected chi connectivity index (χ3v) is 4.67. The van der Waals surface area contributed by atoms with Crippen LogP contribution in [0.4, 0.5) is 0 Å². The maximum Gasteiger partial charge on any atom is 0.0795 e. The predicted molar refractivity (Wildman–Crippen MR) is 78.1 cm³/mol. The lowest BCUT2D eigenvalue weighted by Gasteiger charge is -2.28. The van der Waals surface area contributed by atoms with E-state index < -0.39 is 0 Å². The molecule has 2 saturated carbocycles. The molecule has 2 aliphatic rings. The predicted octanol–water partition coefficient (Wildman–Crippen LogP) is 3.77. The number of hydrogen-bond acceptors (Lipinski definition) is 2. The quantitative estimate of drug-likeness (QED) is 0.844. The maximum absolute atomic E-state index is 6.47. The third kappa shape index (κ3) is 2.85. The SMILES string of the molecule is CCOC(C1CC1)C(N)c1cccc(C2CCC2)c1. The van der Waals surface area contributed by atoms with Gasteiger partial charge in [-0.3, -0.25) is 0 Å². The van der Waals surface area contributed by atoms with Gasteiger partial charge < -0.3 is 10.5 Å². The molecule has 0 amide bonds. The van der Waals surface area contributed by atoms with Crippen LogP contribution in [0.5, 0.6) is 0 Å². The maximum atomic E-state index is 6.47. The lowest BCUT2D eigenvalue weighted by molar-refractivity contribution is 0.0283. The molecule has 1 aromatic rings. The summed E-state index contributed by atoms with van der Waals surface area (Å²) in [5.41, 5.74) is 9.21. The van der Waals surface area contributed by atoms with Crippen LogP contribution in [0.25, 0.3) is 0 Å². The molecule has 2 nitrogen and oxygen atoms in total. The van der Waals surface area contributed by atoms with Gasteiger partial charge in [0.1, 0.15) is 0 Å².